The van der Waals surface area contributed by atoms with Crippen LogP contribution < -0.4 is 0 Å². The number of hydrogen-bond donors (Lipinski definition) is 0. The second-order valence-corrected chi connectivity index (χ2v) is 7.43. The van der Waals surface area contributed by atoms with Crippen molar-refractivity contribution in [3.8, 4) is 0 Å². The minimum absolute atomic E-state index is 0.763. The van der Waals surface area contributed by atoms with Crippen LogP contribution in [0.25, 0.3) is 0 Å². The Bertz CT molecular complexity index is 375. The summed E-state index contributed by atoms with van der Waals surface area (Å²) in [5.41, 5.74) is 1.67. The van der Waals surface area contributed by atoms with Gasteiger partial charge in [0.2, 0.25) is 0 Å². The fraction of sp³-hybridized carbons (Fsp3) is 0.857. The van der Waals surface area contributed by atoms with E-state index in [9.17, 15) is 0 Å². The molecule has 0 radical (unpaired) electrons. The largest absolute Gasteiger partial charge is 0.292 e. The van der Waals surface area contributed by atoms with Crippen molar-refractivity contribution in [1.29, 1.82) is 0 Å². The summed E-state index contributed by atoms with van der Waals surface area (Å²) in [5, 5.41) is 0. The van der Waals surface area contributed by atoms with Gasteiger partial charge in [0, 0.05) is 23.1 Å². The molecule has 0 spiro atoms. The van der Waals surface area contributed by atoms with Crippen molar-refractivity contribution in [3.63, 3.8) is 0 Å². The molecule has 0 aromatic heterocycles. The van der Waals surface area contributed by atoms with E-state index in [1.165, 1.54) is 25.8 Å². The lowest BCUT2D eigenvalue weighted by Gasteiger charge is -2.44. The van der Waals surface area contributed by atoms with Gasteiger partial charge in [0.15, 0.2) is 0 Å². The minimum atomic E-state index is 0.763. The Morgan fingerprint density at radius 3 is 2.81 bits per heavy atom. The molecule has 2 saturated heterocycles. The predicted molar refractivity (Wildman–Crippen MR) is 69.4 cm³/mol. The maximum atomic E-state index is 3.92. The van der Waals surface area contributed by atoms with Gasteiger partial charge in [-0.15, -0.1) is 0 Å². The third kappa shape index (κ3) is 1.06. The lowest BCUT2D eigenvalue weighted by atomic mass is 9.70. The Labute approximate surface area is 106 Å². The Morgan fingerprint density at radius 2 is 2.00 bits per heavy atom. The Morgan fingerprint density at radius 1 is 1.19 bits per heavy atom. The molecule has 5 bridgehead atoms. The van der Waals surface area contributed by atoms with Crippen molar-refractivity contribution in [2.75, 3.05) is 6.54 Å². The van der Waals surface area contributed by atoms with Gasteiger partial charge in [0.05, 0.1) is 0 Å². The first-order chi connectivity index (χ1) is 7.66. The van der Waals surface area contributed by atoms with Gasteiger partial charge in [-0.25, -0.2) is 0 Å². The highest BCUT2D eigenvalue weighted by atomic mass is 79.9. The summed E-state index contributed by atoms with van der Waals surface area (Å²) in [4.78, 5) is 2.85. The fourth-order valence-corrected chi connectivity index (χ4v) is 6.04. The molecule has 0 aromatic rings. The number of hydrogen-bond acceptors (Lipinski definition) is 1. The first kappa shape index (κ1) is 10.1. The zero-order valence-corrected chi connectivity index (χ0v) is 11.7. The molecule has 4 aliphatic rings. The molecule has 16 heavy (non-hydrogen) atoms. The van der Waals surface area contributed by atoms with Crippen LogP contribution in [-0.4, -0.2) is 23.5 Å². The van der Waals surface area contributed by atoms with Crippen LogP contribution in [-0.2, 0) is 0 Å². The van der Waals surface area contributed by atoms with Crippen LogP contribution in [0, 0.1) is 23.7 Å². The Balaban J connectivity index is 1.84. The van der Waals surface area contributed by atoms with E-state index in [0.717, 1.165) is 35.8 Å². The third-order valence-corrected chi connectivity index (χ3v) is 6.88. The van der Waals surface area contributed by atoms with Crippen molar-refractivity contribution in [1.82, 2.24) is 4.90 Å². The molecule has 3 aliphatic heterocycles. The van der Waals surface area contributed by atoms with E-state index in [-0.39, 0.29) is 0 Å². The van der Waals surface area contributed by atoms with Crippen LogP contribution in [0.15, 0.2) is 10.1 Å². The molecule has 0 aromatic carbocycles. The second kappa shape index (κ2) is 3.14. The van der Waals surface area contributed by atoms with Gasteiger partial charge in [0.1, 0.15) is 0 Å². The molecule has 3 fully saturated rings. The van der Waals surface area contributed by atoms with E-state index in [4.69, 9.17) is 0 Å². The van der Waals surface area contributed by atoms with Gasteiger partial charge in [-0.05, 0) is 49.9 Å². The van der Waals surface area contributed by atoms with E-state index in [2.05, 4.69) is 34.7 Å². The minimum Gasteiger partial charge on any atom is -0.292 e. The SMILES string of the molecule is CC1=C(Br)C2[C@@H]3C[C@@H](C)C[C@H]4[C@@H]3CC1CN24. The number of piperidine rings is 1. The summed E-state index contributed by atoms with van der Waals surface area (Å²) < 4.78 is 1.56. The lowest BCUT2D eigenvalue weighted by Crippen LogP contribution is -2.48. The predicted octanol–water partition coefficient (Wildman–Crippen LogP) is 3.40. The van der Waals surface area contributed by atoms with E-state index in [0.29, 0.717) is 0 Å². The summed E-state index contributed by atoms with van der Waals surface area (Å²) in [7, 11) is 0. The van der Waals surface area contributed by atoms with Gasteiger partial charge >= 0.3 is 0 Å². The first-order valence-electron chi connectivity index (χ1n) is 6.78. The second-order valence-electron chi connectivity index (χ2n) is 6.58. The molecule has 7 atom stereocenters. The zero-order chi connectivity index (χ0) is 11.0. The smallest absolute Gasteiger partial charge is 0.0447 e. The third-order valence-electron chi connectivity index (χ3n) is 5.79. The van der Waals surface area contributed by atoms with E-state index >= 15 is 0 Å². The number of fused-ring (bicyclic) bond motifs is 2. The van der Waals surface area contributed by atoms with Crippen LogP contribution in [0.4, 0.5) is 0 Å². The van der Waals surface area contributed by atoms with Crippen molar-refractivity contribution >= 4 is 15.9 Å². The maximum Gasteiger partial charge on any atom is 0.0447 e. The topological polar surface area (TPSA) is 3.24 Å². The average molecular weight is 282 g/mol. The molecule has 0 amide bonds. The number of nitrogens with zero attached hydrogens (tertiary/aromatic N) is 1. The number of rotatable bonds is 0. The quantitative estimate of drug-likeness (QED) is 0.658. The molecular weight excluding hydrogens is 262 g/mol. The van der Waals surface area contributed by atoms with Crippen molar-refractivity contribution in [2.24, 2.45) is 23.7 Å². The molecule has 3 unspecified atom stereocenters. The van der Waals surface area contributed by atoms with Crippen LogP contribution in [0.5, 0.6) is 0 Å². The molecule has 2 heteroatoms. The van der Waals surface area contributed by atoms with Gasteiger partial charge in [-0.2, -0.15) is 0 Å². The van der Waals surface area contributed by atoms with Crippen LogP contribution in [0.3, 0.4) is 0 Å². The highest BCUT2D eigenvalue weighted by Crippen LogP contribution is 2.58. The highest BCUT2D eigenvalue weighted by molar-refractivity contribution is 9.11. The normalized spacial score (nSPS) is 58.3. The van der Waals surface area contributed by atoms with Gasteiger partial charge in [-0.3, -0.25) is 4.90 Å². The zero-order valence-electron chi connectivity index (χ0n) is 10.1. The fourth-order valence-electron chi connectivity index (χ4n) is 5.12. The van der Waals surface area contributed by atoms with Gasteiger partial charge < -0.3 is 0 Å². The van der Waals surface area contributed by atoms with Gasteiger partial charge in [0.25, 0.3) is 0 Å². The lowest BCUT2D eigenvalue weighted by molar-refractivity contribution is 0.0859. The molecule has 3 heterocycles. The Kier molecular flexibility index (Phi) is 1.99. The van der Waals surface area contributed by atoms with Crippen LogP contribution in [0.1, 0.15) is 33.1 Å². The van der Waals surface area contributed by atoms with Crippen LogP contribution >= 0.6 is 15.9 Å². The number of halogens is 1. The van der Waals surface area contributed by atoms with E-state index < -0.39 is 0 Å². The molecule has 4 rings (SSSR count). The van der Waals surface area contributed by atoms with E-state index in [1.54, 1.807) is 10.1 Å². The average Bonchev–Trinajstić information content (AvgIpc) is 2.44. The molecule has 88 valence electrons. The van der Waals surface area contributed by atoms with Crippen molar-refractivity contribution in [3.05, 3.63) is 10.1 Å². The summed E-state index contributed by atoms with van der Waals surface area (Å²) in [6.07, 6.45) is 4.41. The van der Waals surface area contributed by atoms with Crippen LogP contribution in [0.2, 0.25) is 0 Å². The van der Waals surface area contributed by atoms with E-state index in [1.807, 2.05) is 0 Å². The first-order valence-corrected chi connectivity index (χ1v) is 7.58. The summed E-state index contributed by atoms with van der Waals surface area (Å²) in [6, 6.07) is 1.69. The highest BCUT2D eigenvalue weighted by Gasteiger charge is 2.58. The summed E-state index contributed by atoms with van der Waals surface area (Å²) >= 11 is 3.92. The molecule has 1 aliphatic carbocycles. The molecular formula is C14H20BrN. The van der Waals surface area contributed by atoms with Crippen molar-refractivity contribution in [2.45, 2.75) is 45.2 Å². The Hall–Kier alpha value is 0.180. The maximum absolute atomic E-state index is 3.92. The summed E-state index contributed by atoms with van der Waals surface area (Å²) in [5.74, 6) is 3.80. The van der Waals surface area contributed by atoms with Crippen molar-refractivity contribution < 1.29 is 0 Å². The molecule has 1 nitrogen and oxygen atoms in total. The van der Waals surface area contributed by atoms with Gasteiger partial charge in [-0.1, -0.05) is 28.4 Å². The molecule has 0 N–H and O–H groups in total. The standard InChI is InChI=1S/C14H20BrN/c1-7-3-11-10-5-9-6-16(12(10)4-7)14(11)13(15)8(9)2/h7,9-12,14H,3-6H2,1-2H3/t7-,9?,10-,11-,12+,14?/m1/s1. The monoisotopic (exact) mass is 281 g/mol. The summed E-state index contributed by atoms with van der Waals surface area (Å²) in [6.45, 7) is 6.17. The molecule has 1 saturated carbocycles.